The van der Waals surface area contributed by atoms with Crippen LogP contribution in [-0.4, -0.2) is 12.2 Å². The van der Waals surface area contributed by atoms with Crippen molar-refractivity contribution in [1.29, 1.82) is 0 Å². The Hall–Kier alpha value is -0.0400. The summed E-state index contributed by atoms with van der Waals surface area (Å²) in [6, 6.07) is 0. The fourth-order valence-corrected chi connectivity index (χ4v) is 1.75. The van der Waals surface area contributed by atoms with Crippen molar-refractivity contribution in [3.05, 3.63) is 0 Å². The highest BCUT2D eigenvalue weighted by Gasteiger charge is 2.50. The molecule has 0 aromatic carbocycles. The lowest BCUT2D eigenvalue weighted by molar-refractivity contribution is 0.0139. The van der Waals surface area contributed by atoms with Crippen molar-refractivity contribution in [1.82, 2.24) is 0 Å². The minimum atomic E-state index is 0.287. The molecule has 2 atom stereocenters. The topological polar surface area (TPSA) is 9.23 Å². The van der Waals surface area contributed by atoms with E-state index in [2.05, 4.69) is 27.7 Å². The maximum absolute atomic E-state index is 5.91. The van der Waals surface area contributed by atoms with Gasteiger partial charge in [0.15, 0.2) is 0 Å². The first-order valence-electron chi connectivity index (χ1n) is 5.24. The molecular formula is C11H22O. The Bertz CT molecular complexity index is 138. The smallest absolute Gasteiger partial charge is 0.0710 e. The van der Waals surface area contributed by atoms with Crippen molar-refractivity contribution in [2.24, 2.45) is 11.8 Å². The highest BCUT2D eigenvalue weighted by atomic mass is 16.5. The molecule has 0 aromatic heterocycles. The molecule has 2 unspecified atom stereocenters. The summed E-state index contributed by atoms with van der Waals surface area (Å²) >= 11 is 0. The van der Waals surface area contributed by atoms with Gasteiger partial charge < -0.3 is 4.74 Å². The third-order valence-electron chi connectivity index (χ3n) is 3.07. The molecule has 1 aliphatic rings. The van der Waals surface area contributed by atoms with E-state index in [0.717, 1.165) is 18.4 Å². The lowest BCUT2D eigenvalue weighted by Crippen LogP contribution is -2.17. The molecule has 0 saturated heterocycles. The molecule has 12 heavy (non-hydrogen) atoms. The molecule has 0 aliphatic heterocycles. The fraction of sp³-hybridized carbons (Fsp3) is 1.00. The minimum absolute atomic E-state index is 0.287. The van der Waals surface area contributed by atoms with Crippen molar-refractivity contribution in [3.63, 3.8) is 0 Å². The Labute approximate surface area is 76.5 Å². The van der Waals surface area contributed by atoms with Gasteiger partial charge in [-0.2, -0.15) is 0 Å². The van der Waals surface area contributed by atoms with E-state index in [1.165, 1.54) is 19.3 Å². The predicted octanol–water partition coefficient (Wildman–Crippen LogP) is 3.24. The highest BCUT2D eigenvalue weighted by Crippen LogP contribution is 2.49. The van der Waals surface area contributed by atoms with E-state index in [1.807, 2.05) is 0 Å². The first-order chi connectivity index (χ1) is 5.60. The van der Waals surface area contributed by atoms with Crippen molar-refractivity contribution in [2.45, 2.75) is 52.6 Å². The molecule has 0 radical (unpaired) electrons. The molecule has 1 rings (SSSR count). The summed E-state index contributed by atoms with van der Waals surface area (Å²) in [5, 5.41) is 0. The molecule has 0 N–H and O–H groups in total. The van der Waals surface area contributed by atoms with E-state index < -0.39 is 0 Å². The SMILES string of the molecule is CCC1(OCCC(C)C)CC1C. The van der Waals surface area contributed by atoms with E-state index in [9.17, 15) is 0 Å². The van der Waals surface area contributed by atoms with Gasteiger partial charge in [0.05, 0.1) is 5.60 Å². The molecule has 0 heterocycles. The average molecular weight is 170 g/mol. The van der Waals surface area contributed by atoms with Crippen LogP contribution < -0.4 is 0 Å². The summed E-state index contributed by atoms with van der Waals surface area (Å²) in [5.41, 5.74) is 0.287. The first kappa shape index (κ1) is 10.0. The highest BCUT2D eigenvalue weighted by molar-refractivity contribution is 5.01. The van der Waals surface area contributed by atoms with E-state index >= 15 is 0 Å². The molecular weight excluding hydrogens is 148 g/mol. The van der Waals surface area contributed by atoms with Crippen molar-refractivity contribution < 1.29 is 4.74 Å². The van der Waals surface area contributed by atoms with Gasteiger partial charge in [0.25, 0.3) is 0 Å². The van der Waals surface area contributed by atoms with Gasteiger partial charge in [0, 0.05) is 6.61 Å². The van der Waals surface area contributed by atoms with Crippen LogP contribution in [0.2, 0.25) is 0 Å². The summed E-state index contributed by atoms with van der Waals surface area (Å²) in [7, 11) is 0. The van der Waals surface area contributed by atoms with Crippen LogP contribution in [-0.2, 0) is 4.74 Å². The van der Waals surface area contributed by atoms with Crippen LogP contribution in [0.3, 0.4) is 0 Å². The zero-order chi connectivity index (χ0) is 9.19. The monoisotopic (exact) mass is 170 g/mol. The minimum Gasteiger partial charge on any atom is -0.375 e. The van der Waals surface area contributed by atoms with Crippen LogP contribution in [0.25, 0.3) is 0 Å². The number of hydrogen-bond donors (Lipinski definition) is 0. The van der Waals surface area contributed by atoms with Crippen LogP contribution in [0, 0.1) is 11.8 Å². The molecule has 1 saturated carbocycles. The summed E-state index contributed by atoms with van der Waals surface area (Å²) in [6.45, 7) is 9.98. The molecule has 1 aliphatic carbocycles. The standard InChI is InChI=1S/C11H22O/c1-5-11(8-10(11)4)12-7-6-9(2)3/h9-10H,5-8H2,1-4H3. The second kappa shape index (κ2) is 3.78. The Balaban J connectivity index is 2.14. The maximum Gasteiger partial charge on any atom is 0.0710 e. The van der Waals surface area contributed by atoms with Crippen LogP contribution in [0.5, 0.6) is 0 Å². The second-order valence-corrected chi connectivity index (χ2v) is 4.55. The third-order valence-corrected chi connectivity index (χ3v) is 3.07. The Morgan fingerprint density at radius 2 is 2.08 bits per heavy atom. The van der Waals surface area contributed by atoms with E-state index in [1.54, 1.807) is 0 Å². The second-order valence-electron chi connectivity index (χ2n) is 4.55. The molecule has 0 aromatic rings. The van der Waals surface area contributed by atoms with E-state index in [-0.39, 0.29) is 5.60 Å². The summed E-state index contributed by atoms with van der Waals surface area (Å²) in [6.07, 6.45) is 3.67. The van der Waals surface area contributed by atoms with Gasteiger partial charge in [-0.3, -0.25) is 0 Å². The fourth-order valence-electron chi connectivity index (χ4n) is 1.75. The van der Waals surface area contributed by atoms with Crippen LogP contribution in [0.1, 0.15) is 47.0 Å². The van der Waals surface area contributed by atoms with Gasteiger partial charge in [0.2, 0.25) is 0 Å². The van der Waals surface area contributed by atoms with Gasteiger partial charge in [-0.15, -0.1) is 0 Å². The summed E-state index contributed by atoms with van der Waals surface area (Å²) in [4.78, 5) is 0. The zero-order valence-corrected chi connectivity index (χ0v) is 8.89. The van der Waals surface area contributed by atoms with Gasteiger partial charge in [0.1, 0.15) is 0 Å². The van der Waals surface area contributed by atoms with Gasteiger partial charge in [-0.05, 0) is 31.1 Å². The molecule has 0 bridgehead atoms. The van der Waals surface area contributed by atoms with E-state index in [4.69, 9.17) is 4.74 Å². The lowest BCUT2D eigenvalue weighted by Gasteiger charge is -2.16. The summed E-state index contributed by atoms with van der Waals surface area (Å²) in [5.74, 6) is 1.57. The Morgan fingerprint density at radius 3 is 2.42 bits per heavy atom. The molecule has 1 heteroatoms. The van der Waals surface area contributed by atoms with Crippen molar-refractivity contribution in [3.8, 4) is 0 Å². The molecule has 0 spiro atoms. The quantitative estimate of drug-likeness (QED) is 0.615. The van der Waals surface area contributed by atoms with Crippen LogP contribution in [0.15, 0.2) is 0 Å². The maximum atomic E-state index is 5.91. The number of ether oxygens (including phenoxy) is 1. The van der Waals surface area contributed by atoms with E-state index in [0.29, 0.717) is 0 Å². The van der Waals surface area contributed by atoms with Crippen molar-refractivity contribution in [2.75, 3.05) is 6.61 Å². The van der Waals surface area contributed by atoms with Crippen LogP contribution in [0.4, 0.5) is 0 Å². The first-order valence-corrected chi connectivity index (χ1v) is 5.24. The van der Waals surface area contributed by atoms with Gasteiger partial charge in [-0.1, -0.05) is 27.7 Å². The lowest BCUT2D eigenvalue weighted by atomic mass is 10.1. The average Bonchev–Trinajstić information content (AvgIpc) is 2.62. The Kier molecular flexibility index (Phi) is 3.16. The van der Waals surface area contributed by atoms with Gasteiger partial charge in [-0.25, -0.2) is 0 Å². The molecule has 1 nitrogen and oxygen atoms in total. The molecule has 72 valence electrons. The zero-order valence-electron chi connectivity index (χ0n) is 8.89. The van der Waals surface area contributed by atoms with Crippen molar-refractivity contribution >= 4 is 0 Å². The largest absolute Gasteiger partial charge is 0.375 e. The molecule has 1 fully saturated rings. The van der Waals surface area contributed by atoms with Gasteiger partial charge >= 0.3 is 0 Å². The third kappa shape index (κ3) is 2.22. The Morgan fingerprint density at radius 1 is 1.50 bits per heavy atom. The predicted molar refractivity (Wildman–Crippen MR) is 52.2 cm³/mol. The number of rotatable bonds is 5. The molecule has 0 amide bonds. The normalized spacial score (nSPS) is 34.2. The van der Waals surface area contributed by atoms with Crippen LogP contribution >= 0.6 is 0 Å². The summed E-state index contributed by atoms with van der Waals surface area (Å²) < 4.78 is 5.91. The number of hydrogen-bond acceptors (Lipinski definition) is 1.